The molecule has 0 saturated heterocycles. The number of hydrogen-bond donors (Lipinski definition) is 2. The normalized spacial score (nSPS) is 10.2. The van der Waals surface area contributed by atoms with E-state index in [4.69, 9.17) is 10.8 Å². The molecule has 0 heterocycles. The molecule has 0 unspecified atom stereocenters. The highest BCUT2D eigenvalue weighted by molar-refractivity contribution is 5.65. The zero-order chi connectivity index (χ0) is 10.7. The third-order valence-electron chi connectivity index (χ3n) is 2.38. The summed E-state index contributed by atoms with van der Waals surface area (Å²) in [6.45, 7) is 0.0853. The van der Waals surface area contributed by atoms with Crippen LogP contribution >= 0.6 is 0 Å². The molecule has 0 aliphatic heterocycles. The smallest absolute Gasteiger partial charge is 0.0681 e. The summed E-state index contributed by atoms with van der Waals surface area (Å²) >= 11 is 0. The van der Waals surface area contributed by atoms with E-state index in [1.165, 1.54) is 0 Å². The van der Waals surface area contributed by atoms with Crippen molar-refractivity contribution in [1.29, 1.82) is 0 Å². The summed E-state index contributed by atoms with van der Waals surface area (Å²) in [7, 11) is 0. The van der Waals surface area contributed by atoms with Gasteiger partial charge >= 0.3 is 0 Å². The molecule has 2 rings (SSSR count). The average Bonchev–Trinajstić information content (AvgIpc) is 2.30. The van der Waals surface area contributed by atoms with Crippen LogP contribution in [0, 0.1) is 0 Å². The van der Waals surface area contributed by atoms with E-state index in [2.05, 4.69) is 0 Å². The predicted octanol–water partition coefficient (Wildman–Crippen LogP) is 2.43. The molecule has 2 aromatic carbocycles. The lowest BCUT2D eigenvalue weighted by molar-refractivity contribution is 0.282. The topological polar surface area (TPSA) is 46.2 Å². The molecule has 0 saturated carbocycles. The van der Waals surface area contributed by atoms with E-state index < -0.39 is 0 Å². The van der Waals surface area contributed by atoms with Gasteiger partial charge in [-0.3, -0.25) is 0 Å². The Hall–Kier alpha value is -1.80. The Labute approximate surface area is 89.0 Å². The zero-order valence-electron chi connectivity index (χ0n) is 8.35. The number of aliphatic hydroxyl groups excluding tert-OH is 1. The highest BCUT2D eigenvalue weighted by Crippen LogP contribution is 2.20. The molecule has 0 amide bonds. The molecule has 0 aliphatic rings. The van der Waals surface area contributed by atoms with Gasteiger partial charge in [0.25, 0.3) is 0 Å². The van der Waals surface area contributed by atoms with E-state index in [-0.39, 0.29) is 6.61 Å². The van der Waals surface area contributed by atoms with E-state index in [0.29, 0.717) is 0 Å². The Morgan fingerprint density at radius 3 is 1.73 bits per heavy atom. The molecule has 3 N–H and O–H groups in total. The van der Waals surface area contributed by atoms with Crippen LogP contribution in [0.1, 0.15) is 5.56 Å². The lowest BCUT2D eigenvalue weighted by Gasteiger charge is -2.03. The number of benzene rings is 2. The molecule has 2 nitrogen and oxygen atoms in total. The van der Waals surface area contributed by atoms with Gasteiger partial charge in [0.1, 0.15) is 0 Å². The van der Waals surface area contributed by atoms with Gasteiger partial charge in [-0.15, -0.1) is 0 Å². The molecular weight excluding hydrogens is 186 g/mol. The van der Waals surface area contributed by atoms with Crippen LogP contribution in [0.25, 0.3) is 11.1 Å². The first-order chi connectivity index (χ1) is 7.29. The van der Waals surface area contributed by atoms with Crippen molar-refractivity contribution in [3.8, 4) is 11.1 Å². The van der Waals surface area contributed by atoms with Crippen LogP contribution in [0.2, 0.25) is 0 Å². The first kappa shape index (κ1) is 9.74. The summed E-state index contributed by atoms with van der Waals surface area (Å²) < 4.78 is 0. The number of rotatable bonds is 2. The first-order valence-corrected chi connectivity index (χ1v) is 4.85. The molecule has 0 fully saturated rings. The fourth-order valence-corrected chi connectivity index (χ4v) is 1.48. The number of aliphatic hydroxyl groups is 1. The lowest BCUT2D eigenvalue weighted by Crippen LogP contribution is -1.85. The van der Waals surface area contributed by atoms with E-state index in [0.717, 1.165) is 22.4 Å². The van der Waals surface area contributed by atoms with Gasteiger partial charge in [-0.05, 0) is 28.8 Å². The average molecular weight is 199 g/mol. The predicted molar refractivity (Wildman–Crippen MR) is 62.2 cm³/mol. The van der Waals surface area contributed by atoms with Gasteiger partial charge in [0, 0.05) is 5.69 Å². The molecule has 0 atom stereocenters. The Kier molecular flexibility index (Phi) is 2.70. The standard InChI is InChI=1S/C13H13NO/c14-13-7-5-12(6-8-13)11-3-1-10(9-15)2-4-11/h1-8,15H,9,14H2. The maximum atomic E-state index is 8.92. The maximum absolute atomic E-state index is 8.92. The number of nitrogen functional groups attached to an aromatic ring is 1. The van der Waals surface area contributed by atoms with Crippen molar-refractivity contribution in [3.05, 3.63) is 54.1 Å². The Morgan fingerprint density at radius 1 is 0.800 bits per heavy atom. The summed E-state index contributed by atoms with van der Waals surface area (Å²) in [6, 6.07) is 15.6. The van der Waals surface area contributed by atoms with Crippen molar-refractivity contribution in [2.75, 3.05) is 5.73 Å². The Balaban J connectivity index is 2.33. The maximum Gasteiger partial charge on any atom is 0.0681 e. The minimum absolute atomic E-state index is 0.0853. The van der Waals surface area contributed by atoms with Crippen molar-refractivity contribution in [3.63, 3.8) is 0 Å². The Bertz CT molecular complexity index is 431. The molecule has 0 aromatic heterocycles. The summed E-state index contributed by atoms with van der Waals surface area (Å²) in [5.74, 6) is 0. The van der Waals surface area contributed by atoms with Gasteiger partial charge in [-0.2, -0.15) is 0 Å². The molecule has 0 bridgehead atoms. The van der Waals surface area contributed by atoms with Gasteiger partial charge in [0.2, 0.25) is 0 Å². The van der Waals surface area contributed by atoms with E-state index in [1.54, 1.807) is 0 Å². The second kappa shape index (κ2) is 4.15. The minimum atomic E-state index is 0.0853. The molecule has 15 heavy (non-hydrogen) atoms. The van der Waals surface area contributed by atoms with Crippen molar-refractivity contribution in [1.82, 2.24) is 0 Å². The molecule has 0 radical (unpaired) electrons. The van der Waals surface area contributed by atoms with Crippen molar-refractivity contribution in [2.45, 2.75) is 6.61 Å². The summed E-state index contributed by atoms with van der Waals surface area (Å²) in [6.07, 6.45) is 0. The molecule has 0 aliphatic carbocycles. The zero-order valence-corrected chi connectivity index (χ0v) is 8.35. The van der Waals surface area contributed by atoms with Crippen LogP contribution in [-0.2, 0) is 6.61 Å². The quantitative estimate of drug-likeness (QED) is 0.730. The summed E-state index contributed by atoms with van der Waals surface area (Å²) in [5, 5.41) is 8.92. The first-order valence-electron chi connectivity index (χ1n) is 4.85. The van der Waals surface area contributed by atoms with Gasteiger partial charge < -0.3 is 10.8 Å². The SMILES string of the molecule is Nc1ccc(-c2ccc(CO)cc2)cc1. The highest BCUT2D eigenvalue weighted by Gasteiger charge is 1.97. The number of nitrogens with two attached hydrogens (primary N) is 1. The van der Waals surface area contributed by atoms with E-state index >= 15 is 0 Å². The third kappa shape index (κ3) is 2.17. The van der Waals surface area contributed by atoms with Crippen molar-refractivity contribution >= 4 is 5.69 Å². The van der Waals surface area contributed by atoms with Gasteiger partial charge in [0.05, 0.1) is 6.61 Å². The summed E-state index contributed by atoms with van der Waals surface area (Å²) in [4.78, 5) is 0. The second-order valence-corrected chi connectivity index (χ2v) is 3.48. The summed E-state index contributed by atoms with van der Waals surface area (Å²) in [5.41, 5.74) is 9.58. The molecule has 2 aromatic rings. The largest absolute Gasteiger partial charge is 0.399 e. The van der Waals surface area contributed by atoms with Crippen LogP contribution in [0.15, 0.2) is 48.5 Å². The van der Waals surface area contributed by atoms with Gasteiger partial charge in [-0.25, -0.2) is 0 Å². The van der Waals surface area contributed by atoms with Crippen LogP contribution < -0.4 is 5.73 Å². The number of hydrogen-bond acceptors (Lipinski definition) is 2. The van der Waals surface area contributed by atoms with E-state index in [9.17, 15) is 0 Å². The second-order valence-electron chi connectivity index (χ2n) is 3.48. The fourth-order valence-electron chi connectivity index (χ4n) is 1.48. The molecule has 0 spiro atoms. The van der Waals surface area contributed by atoms with Crippen molar-refractivity contribution < 1.29 is 5.11 Å². The van der Waals surface area contributed by atoms with Crippen LogP contribution in [0.4, 0.5) is 5.69 Å². The van der Waals surface area contributed by atoms with Crippen LogP contribution in [0.3, 0.4) is 0 Å². The van der Waals surface area contributed by atoms with E-state index in [1.807, 2.05) is 48.5 Å². The fraction of sp³-hybridized carbons (Fsp3) is 0.0769. The van der Waals surface area contributed by atoms with Crippen LogP contribution in [0.5, 0.6) is 0 Å². The van der Waals surface area contributed by atoms with Gasteiger partial charge in [0.15, 0.2) is 0 Å². The highest BCUT2D eigenvalue weighted by atomic mass is 16.3. The molecule has 76 valence electrons. The Morgan fingerprint density at radius 2 is 1.27 bits per heavy atom. The number of anilines is 1. The monoisotopic (exact) mass is 199 g/mol. The third-order valence-corrected chi connectivity index (χ3v) is 2.38. The molecular formula is C13H13NO. The molecule has 2 heteroatoms. The van der Waals surface area contributed by atoms with Gasteiger partial charge in [-0.1, -0.05) is 36.4 Å². The minimum Gasteiger partial charge on any atom is -0.399 e. The lowest BCUT2D eigenvalue weighted by atomic mass is 10.0. The van der Waals surface area contributed by atoms with Crippen LogP contribution in [-0.4, -0.2) is 5.11 Å². The van der Waals surface area contributed by atoms with Crippen molar-refractivity contribution in [2.24, 2.45) is 0 Å².